The van der Waals surface area contributed by atoms with Crippen LogP contribution in [-0.4, -0.2) is 60.7 Å². The second kappa shape index (κ2) is 9.38. The van der Waals surface area contributed by atoms with Crippen molar-refractivity contribution in [3.63, 3.8) is 0 Å². The number of thiazole rings is 1. The number of nitrogens with zero attached hydrogens (tertiary/aromatic N) is 6. The fraction of sp³-hybridized carbons (Fsp3) is 0.423. The van der Waals surface area contributed by atoms with Crippen LogP contribution < -0.4 is 10.6 Å². The first kappa shape index (κ1) is 23.8. The summed E-state index contributed by atoms with van der Waals surface area (Å²) in [5.74, 6) is -0.323. The Morgan fingerprint density at radius 2 is 1.86 bits per heavy atom. The fourth-order valence-electron chi connectivity index (χ4n) is 4.95. The zero-order valence-corrected chi connectivity index (χ0v) is 21.8. The van der Waals surface area contributed by atoms with E-state index in [-0.39, 0.29) is 11.8 Å². The maximum absolute atomic E-state index is 13.2. The van der Waals surface area contributed by atoms with Crippen molar-refractivity contribution in [1.29, 1.82) is 0 Å². The van der Waals surface area contributed by atoms with Crippen LogP contribution in [0.5, 0.6) is 0 Å². The van der Waals surface area contributed by atoms with Crippen molar-refractivity contribution in [1.82, 2.24) is 29.3 Å². The third-order valence-electron chi connectivity index (χ3n) is 7.58. The summed E-state index contributed by atoms with van der Waals surface area (Å²) in [5.41, 5.74) is 3.87. The van der Waals surface area contributed by atoms with Gasteiger partial charge < -0.3 is 15.5 Å². The molecule has 5 heterocycles. The molecule has 6 rings (SSSR count). The van der Waals surface area contributed by atoms with E-state index in [0.29, 0.717) is 34.5 Å². The average Bonchev–Trinajstić information content (AvgIpc) is 3.19. The van der Waals surface area contributed by atoms with Crippen molar-refractivity contribution < 1.29 is 9.59 Å². The van der Waals surface area contributed by atoms with Gasteiger partial charge in [0.25, 0.3) is 5.91 Å². The topological polar surface area (TPSA) is 109 Å². The number of hydrogen-bond donors (Lipinski definition) is 2. The Bertz CT molecular complexity index is 1470. The molecule has 4 aromatic heterocycles. The average molecular weight is 519 g/mol. The minimum atomic E-state index is -0.276. The molecule has 11 heteroatoms. The van der Waals surface area contributed by atoms with Gasteiger partial charge in [-0.05, 0) is 57.2 Å². The van der Waals surface area contributed by atoms with Crippen LogP contribution in [0.1, 0.15) is 48.2 Å². The van der Waals surface area contributed by atoms with Gasteiger partial charge in [-0.15, -0.1) is 11.3 Å². The van der Waals surface area contributed by atoms with Crippen LogP contribution in [-0.2, 0) is 11.8 Å². The van der Waals surface area contributed by atoms with Gasteiger partial charge in [0.1, 0.15) is 4.83 Å². The number of piperidine rings is 1. The van der Waals surface area contributed by atoms with E-state index in [1.54, 1.807) is 33.9 Å². The van der Waals surface area contributed by atoms with Gasteiger partial charge >= 0.3 is 0 Å². The molecule has 1 aliphatic carbocycles. The van der Waals surface area contributed by atoms with E-state index in [2.05, 4.69) is 30.7 Å². The van der Waals surface area contributed by atoms with Crippen LogP contribution >= 0.6 is 11.3 Å². The normalized spacial score (nSPS) is 16.8. The maximum Gasteiger partial charge on any atom is 0.260 e. The molecule has 2 aliphatic rings. The van der Waals surface area contributed by atoms with Gasteiger partial charge in [0.05, 0.1) is 46.1 Å². The molecule has 1 aliphatic heterocycles. The number of carbonyl (C=O) groups is 2. The minimum Gasteiger partial charge on any atom is -0.325 e. The first-order valence-electron chi connectivity index (χ1n) is 12.6. The maximum atomic E-state index is 13.2. The highest BCUT2D eigenvalue weighted by atomic mass is 32.1. The van der Waals surface area contributed by atoms with Crippen LogP contribution in [0.4, 0.5) is 11.4 Å². The third-order valence-corrected chi connectivity index (χ3v) is 8.74. The summed E-state index contributed by atoms with van der Waals surface area (Å²) in [5, 5.41) is 14.4. The molecular formula is C26H30N8O2S. The SMILES string of the molecule is Cc1ncc(NC(=O)CCN2CCC3(CC2)CC3)cc1NC(=O)c1cnn2cc(-c3cnn(C)c3)sc12. The van der Waals surface area contributed by atoms with Crippen molar-refractivity contribution in [2.24, 2.45) is 12.5 Å². The predicted octanol–water partition coefficient (Wildman–Crippen LogP) is 3.96. The molecule has 192 valence electrons. The van der Waals surface area contributed by atoms with Crippen LogP contribution in [0.2, 0.25) is 0 Å². The van der Waals surface area contributed by atoms with Gasteiger partial charge in [0, 0.05) is 38.0 Å². The van der Waals surface area contributed by atoms with Gasteiger partial charge in [0.15, 0.2) is 0 Å². The zero-order chi connectivity index (χ0) is 25.6. The lowest BCUT2D eigenvalue weighted by atomic mass is 9.94. The van der Waals surface area contributed by atoms with Crippen molar-refractivity contribution in [2.45, 2.75) is 39.0 Å². The number of amides is 2. The summed E-state index contributed by atoms with van der Waals surface area (Å²) in [6.45, 7) is 4.77. The highest BCUT2D eigenvalue weighted by Crippen LogP contribution is 2.53. The van der Waals surface area contributed by atoms with Gasteiger partial charge in [-0.3, -0.25) is 19.3 Å². The van der Waals surface area contributed by atoms with Crippen LogP contribution in [0.15, 0.2) is 37.1 Å². The minimum absolute atomic E-state index is 0.0468. The highest BCUT2D eigenvalue weighted by molar-refractivity contribution is 7.21. The first-order valence-corrected chi connectivity index (χ1v) is 13.5. The molecule has 2 amide bonds. The molecular weight excluding hydrogens is 488 g/mol. The second-order valence-electron chi connectivity index (χ2n) is 10.3. The van der Waals surface area contributed by atoms with E-state index in [1.807, 2.05) is 26.4 Å². The summed E-state index contributed by atoms with van der Waals surface area (Å²) in [6, 6.07) is 1.76. The Labute approximate surface area is 218 Å². The summed E-state index contributed by atoms with van der Waals surface area (Å²) in [6.07, 6.45) is 14.5. The van der Waals surface area contributed by atoms with E-state index >= 15 is 0 Å². The summed E-state index contributed by atoms with van der Waals surface area (Å²) in [4.78, 5) is 34.2. The molecule has 0 unspecified atom stereocenters. The highest BCUT2D eigenvalue weighted by Gasteiger charge is 2.44. The molecule has 1 spiro atoms. The van der Waals surface area contributed by atoms with Crippen molar-refractivity contribution in [3.05, 3.63) is 48.3 Å². The van der Waals surface area contributed by atoms with E-state index in [9.17, 15) is 9.59 Å². The molecule has 0 bridgehead atoms. The number of rotatable bonds is 7. The number of carbonyl (C=O) groups excluding carboxylic acids is 2. The fourth-order valence-corrected chi connectivity index (χ4v) is 5.99. The zero-order valence-electron chi connectivity index (χ0n) is 21.0. The molecule has 0 atom stereocenters. The quantitative estimate of drug-likeness (QED) is 0.383. The Morgan fingerprint density at radius 1 is 1.05 bits per heavy atom. The van der Waals surface area contributed by atoms with Gasteiger partial charge in [-0.1, -0.05) is 0 Å². The molecule has 10 nitrogen and oxygen atoms in total. The lowest BCUT2D eigenvalue weighted by molar-refractivity contribution is -0.116. The number of hydrogen-bond acceptors (Lipinski definition) is 7. The van der Waals surface area contributed by atoms with Crippen LogP contribution in [0.3, 0.4) is 0 Å². The van der Waals surface area contributed by atoms with Crippen molar-refractivity contribution >= 4 is 39.4 Å². The van der Waals surface area contributed by atoms with E-state index in [4.69, 9.17) is 0 Å². The monoisotopic (exact) mass is 518 g/mol. The lowest BCUT2D eigenvalue weighted by Crippen LogP contribution is -2.36. The van der Waals surface area contributed by atoms with Crippen LogP contribution in [0.25, 0.3) is 15.3 Å². The molecule has 4 aromatic rings. The van der Waals surface area contributed by atoms with Crippen molar-refractivity contribution in [2.75, 3.05) is 30.3 Å². The number of fused-ring (bicyclic) bond motifs is 1. The molecule has 2 N–H and O–H groups in total. The Morgan fingerprint density at radius 3 is 2.59 bits per heavy atom. The number of pyridine rings is 1. The molecule has 0 radical (unpaired) electrons. The first-order chi connectivity index (χ1) is 17.9. The second-order valence-corrected chi connectivity index (χ2v) is 11.3. The molecule has 37 heavy (non-hydrogen) atoms. The molecule has 1 saturated heterocycles. The van der Waals surface area contributed by atoms with Gasteiger partial charge in [-0.2, -0.15) is 10.2 Å². The standard InChI is InChI=1S/C26H30N8O2S/c1-17-21(11-19(13-27-17)30-23(35)3-8-33-9-6-26(4-5-26)7-10-33)31-24(36)20-14-29-34-16-22(37-25(20)34)18-12-28-32(2)15-18/h11-16H,3-10H2,1-2H3,(H,30,35)(H,31,36). The number of anilines is 2. The third kappa shape index (κ3) is 5.01. The van der Waals surface area contributed by atoms with Crippen LogP contribution in [0, 0.1) is 12.3 Å². The Hall–Kier alpha value is -3.57. The molecule has 0 aromatic carbocycles. The summed E-state index contributed by atoms with van der Waals surface area (Å²) < 4.78 is 3.44. The predicted molar refractivity (Wildman–Crippen MR) is 143 cm³/mol. The molecule has 2 fully saturated rings. The number of likely N-dealkylation sites (tertiary alicyclic amines) is 1. The lowest BCUT2D eigenvalue weighted by Gasteiger charge is -2.31. The Balaban J connectivity index is 1.09. The van der Waals surface area contributed by atoms with Crippen molar-refractivity contribution in [3.8, 4) is 10.4 Å². The number of aromatic nitrogens is 5. The number of nitrogens with one attached hydrogen (secondary N) is 2. The summed E-state index contributed by atoms with van der Waals surface area (Å²) in [7, 11) is 1.87. The summed E-state index contributed by atoms with van der Waals surface area (Å²) >= 11 is 1.48. The smallest absolute Gasteiger partial charge is 0.260 e. The van der Waals surface area contributed by atoms with E-state index in [1.165, 1.54) is 37.0 Å². The molecule has 1 saturated carbocycles. The van der Waals surface area contributed by atoms with Gasteiger partial charge in [0.2, 0.25) is 5.91 Å². The Kier molecular flexibility index (Phi) is 6.04. The van der Waals surface area contributed by atoms with Gasteiger partial charge in [-0.25, -0.2) is 4.52 Å². The largest absolute Gasteiger partial charge is 0.325 e. The van der Waals surface area contributed by atoms with E-state index < -0.39 is 0 Å². The number of aryl methyl sites for hydroxylation is 2. The van der Waals surface area contributed by atoms with E-state index in [0.717, 1.165) is 34.9 Å².